The van der Waals surface area contributed by atoms with Gasteiger partial charge in [-0.05, 0) is 20.8 Å². The van der Waals surface area contributed by atoms with E-state index in [9.17, 15) is 18.4 Å². The number of rotatable bonds is 3. The topological polar surface area (TPSA) is 66.8 Å². The van der Waals surface area contributed by atoms with Crippen molar-refractivity contribution >= 4 is 12.1 Å². The number of nitrogens with zero attached hydrogens (tertiary/aromatic N) is 1. The standard InChI is InChI=1S/C10H17F2NO4/c1-9(2,3)17-8(16)13(5)6(7(14)15)10(4,11)12/h6H,1-5H3,(H,14,15). The molecule has 1 N–H and O–H groups in total. The molecule has 0 aromatic rings. The summed E-state index contributed by atoms with van der Waals surface area (Å²) >= 11 is 0. The zero-order valence-corrected chi connectivity index (χ0v) is 10.5. The van der Waals surface area contributed by atoms with Crippen LogP contribution in [0.25, 0.3) is 0 Å². The molecule has 0 fully saturated rings. The predicted molar refractivity (Wildman–Crippen MR) is 56.0 cm³/mol. The van der Waals surface area contributed by atoms with Gasteiger partial charge in [0.05, 0.1) is 0 Å². The average molecular weight is 253 g/mol. The maximum atomic E-state index is 13.1. The van der Waals surface area contributed by atoms with Gasteiger partial charge in [0.1, 0.15) is 5.60 Å². The van der Waals surface area contributed by atoms with E-state index in [1.54, 1.807) is 20.8 Å². The van der Waals surface area contributed by atoms with E-state index >= 15 is 0 Å². The third-order valence-electron chi connectivity index (χ3n) is 1.78. The van der Waals surface area contributed by atoms with Gasteiger partial charge in [-0.2, -0.15) is 0 Å². The van der Waals surface area contributed by atoms with Gasteiger partial charge in [-0.3, -0.25) is 4.90 Å². The van der Waals surface area contributed by atoms with Crippen molar-refractivity contribution in [3.8, 4) is 0 Å². The van der Waals surface area contributed by atoms with Crippen LogP contribution in [0, 0.1) is 0 Å². The Bertz CT molecular complexity index is 306. The summed E-state index contributed by atoms with van der Waals surface area (Å²) < 4.78 is 30.9. The zero-order valence-electron chi connectivity index (χ0n) is 10.5. The highest BCUT2D eigenvalue weighted by molar-refractivity contribution is 5.81. The summed E-state index contributed by atoms with van der Waals surface area (Å²) in [6.45, 7) is 5.10. The lowest BCUT2D eigenvalue weighted by Gasteiger charge is -2.31. The number of carboxylic acid groups (broad SMARTS) is 1. The van der Waals surface area contributed by atoms with E-state index in [2.05, 4.69) is 0 Å². The Labute approximate surface area is 98.3 Å². The van der Waals surface area contributed by atoms with Crippen molar-refractivity contribution in [1.82, 2.24) is 4.90 Å². The second-order valence-corrected chi connectivity index (χ2v) is 4.79. The van der Waals surface area contributed by atoms with Crippen LogP contribution >= 0.6 is 0 Å². The van der Waals surface area contributed by atoms with Crippen molar-refractivity contribution in [2.45, 2.75) is 45.3 Å². The molecule has 17 heavy (non-hydrogen) atoms. The van der Waals surface area contributed by atoms with E-state index in [1.807, 2.05) is 0 Å². The highest BCUT2D eigenvalue weighted by Gasteiger charge is 2.45. The summed E-state index contributed by atoms with van der Waals surface area (Å²) in [6, 6.07) is -2.25. The lowest BCUT2D eigenvalue weighted by molar-refractivity contribution is -0.156. The van der Waals surface area contributed by atoms with Crippen molar-refractivity contribution in [2.24, 2.45) is 0 Å². The summed E-state index contributed by atoms with van der Waals surface area (Å²) in [6.07, 6.45) is -1.11. The Balaban J connectivity index is 4.93. The minimum atomic E-state index is -3.56. The second kappa shape index (κ2) is 4.85. The number of likely N-dealkylation sites (N-methyl/N-ethyl adjacent to an activating group) is 1. The van der Waals surface area contributed by atoms with E-state index in [0.717, 1.165) is 7.05 Å². The Morgan fingerprint density at radius 2 is 1.65 bits per heavy atom. The Hall–Kier alpha value is -1.40. The third-order valence-corrected chi connectivity index (χ3v) is 1.78. The highest BCUT2D eigenvalue weighted by atomic mass is 19.3. The van der Waals surface area contributed by atoms with Gasteiger partial charge in [-0.1, -0.05) is 0 Å². The number of carbonyl (C=O) groups excluding carboxylic acids is 1. The minimum absolute atomic E-state index is 0.383. The maximum Gasteiger partial charge on any atom is 0.410 e. The van der Waals surface area contributed by atoms with Gasteiger partial charge in [-0.15, -0.1) is 0 Å². The normalized spacial score (nSPS) is 14.1. The molecule has 1 unspecified atom stereocenters. The van der Waals surface area contributed by atoms with Gasteiger partial charge >= 0.3 is 12.1 Å². The van der Waals surface area contributed by atoms with Crippen LogP contribution in [0.1, 0.15) is 27.7 Å². The monoisotopic (exact) mass is 253 g/mol. The first-order valence-electron chi connectivity index (χ1n) is 4.92. The molecular formula is C10H17F2NO4. The molecule has 100 valence electrons. The third kappa shape index (κ3) is 4.97. The molecular weight excluding hydrogens is 236 g/mol. The smallest absolute Gasteiger partial charge is 0.410 e. The Morgan fingerprint density at radius 3 is 1.88 bits per heavy atom. The first-order valence-corrected chi connectivity index (χ1v) is 4.92. The summed E-state index contributed by atoms with van der Waals surface area (Å²) in [5, 5.41) is 8.70. The van der Waals surface area contributed by atoms with Crippen LogP contribution in [-0.4, -0.2) is 46.7 Å². The summed E-state index contributed by atoms with van der Waals surface area (Å²) in [5.74, 6) is -5.34. The van der Waals surface area contributed by atoms with Crippen molar-refractivity contribution < 1.29 is 28.2 Å². The predicted octanol–water partition coefficient (Wildman–Crippen LogP) is 1.96. The molecule has 0 spiro atoms. The highest BCUT2D eigenvalue weighted by Crippen LogP contribution is 2.23. The number of ether oxygens (including phenoxy) is 1. The number of hydrogen-bond donors (Lipinski definition) is 1. The summed E-state index contributed by atoms with van der Waals surface area (Å²) in [7, 11) is 0.963. The number of carbonyl (C=O) groups is 2. The molecule has 0 saturated carbocycles. The van der Waals surface area contributed by atoms with Crippen LogP contribution in [0.3, 0.4) is 0 Å². The maximum absolute atomic E-state index is 13.1. The van der Waals surface area contributed by atoms with Gasteiger partial charge in [-0.25, -0.2) is 18.4 Å². The van der Waals surface area contributed by atoms with Crippen LogP contribution in [0.15, 0.2) is 0 Å². The lowest BCUT2D eigenvalue weighted by Crippen LogP contribution is -2.53. The van der Waals surface area contributed by atoms with Crippen LogP contribution in [0.4, 0.5) is 13.6 Å². The van der Waals surface area contributed by atoms with E-state index in [1.165, 1.54) is 0 Å². The molecule has 0 aromatic carbocycles. The van der Waals surface area contributed by atoms with Gasteiger partial charge < -0.3 is 9.84 Å². The summed E-state index contributed by atoms with van der Waals surface area (Å²) in [4.78, 5) is 22.6. The lowest BCUT2D eigenvalue weighted by atomic mass is 10.1. The van der Waals surface area contributed by atoms with Gasteiger partial charge in [0.2, 0.25) is 0 Å². The molecule has 0 heterocycles. The second-order valence-electron chi connectivity index (χ2n) is 4.79. The first-order chi connectivity index (χ1) is 7.36. The number of amides is 1. The number of alkyl halides is 2. The van der Waals surface area contributed by atoms with E-state index in [0.29, 0.717) is 11.8 Å². The van der Waals surface area contributed by atoms with Gasteiger partial charge in [0.25, 0.3) is 5.92 Å². The number of carboxylic acids is 1. The summed E-state index contributed by atoms with van der Waals surface area (Å²) in [5.41, 5.74) is -0.878. The van der Waals surface area contributed by atoms with Crippen LogP contribution in [0.2, 0.25) is 0 Å². The molecule has 0 saturated heterocycles. The van der Waals surface area contributed by atoms with Crippen LogP contribution < -0.4 is 0 Å². The minimum Gasteiger partial charge on any atom is -0.480 e. The quantitative estimate of drug-likeness (QED) is 0.834. The van der Waals surface area contributed by atoms with Crippen LogP contribution in [0.5, 0.6) is 0 Å². The van der Waals surface area contributed by atoms with Crippen molar-refractivity contribution in [3.05, 3.63) is 0 Å². The van der Waals surface area contributed by atoms with Crippen molar-refractivity contribution in [1.29, 1.82) is 0 Å². The largest absolute Gasteiger partial charge is 0.480 e. The van der Waals surface area contributed by atoms with Gasteiger partial charge in [0, 0.05) is 14.0 Å². The molecule has 0 rings (SSSR count). The average Bonchev–Trinajstić information content (AvgIpc) is 1.96. The van der Waals surface area contributed by atoms with E-state index in [4.69, 9.17) is 9.84 Å². The molecule has 0 aromatic heterocycles. The zero-order chi connectivity index (χ0) is 14.0. The Kier molecular flexibility index (Phi) is 4.45. The Morgan fingerprint density at radius 1 is 1.24 bits per heavy atom. The molecule has 1 amide bonds. The molecule has 0 radical (unpaired) electrons. The fraction of sp³-hybridized carbons (Fsp3) is 0.800. The number of halogens is 2. The van der Waals surface area contributed by atoms with Gasteiger partial charge in [0.15, 0.2) is 6.04 Å². The van der Waals surface area contributed by atoms with E-state index in [-0.39, 0.29) is 0 Å². The first kappa shape index (κ1) is 15.6. The molecule has 7 heteroatoms. The van der Waals surface area contributed by atoms with E-state index < -0.39 is 29.6 Å². The molecule has 1 atom stereocenters. The number of aliphatic carboxylic acids is 1. The molecule has 0 bridgehead atoms. The SMILES string of the molecule is CN(C(=O)OC(C)(C)C)C(C(=O)O)C(C)(F)F. The number of hydrogen-bond acceptors (Lipinski definition) is 3. The molecule has 0 aliphatic rings. The van der Waals surface area contributed by atoms with Crippen molar-refractivity contribution in [3.63, 3.8) is 0 Å². The van der Waals surface area contributed by atoms with Crippen LogP contribution in [-0.2, 0) is 9.53 Å². The molecule has 0 aliphatic heterocycles. The fourth-order valence-electron chi connectivity index (χ4n) is 1.16. The van der Waals surface area contributed by atoms with Crippen molar-refractivity contribution in [2.75, 3.05) is 7.05 Å². The molecule has 5 nitrogen and oxygen atoms in total. The fourth-order valence-corrected chi connectivity index (χ4v) is 1.16. The molecule has 0 aliphatic carbocycles.